The zero-order valence-corrected chi connectivity index (χ0v) is 24.0. The van der Waals surface area contributed by atoms with Crippen molar-refractivity contribution in [3.63, 3.8) is 0 Å². The number of hydrogen-bond donors (Lipinski definition) is 2. The molecule has 0 aliphatic heterocycles. The topological polar surface area (TPSA) is 87.7 Å². The molecule has 0 fully saturated rings. The molecule has 2 N–H and O–H groups in total. The van der Waals surface area contributed by atoms with Gasteiger partial charge in [0.25, 0.3) is 0 Å². The quantitative estimate of drug-likeness (QED) is 0.461. The minimum atomic E-state index is -0.854. The van der Waals surface area contributed by atoms with Crippen molar-refractivity contribution < 1.29 is 19.1 Å². The van der Waals surface area contributed by atoms with Crippen molar-refractivity contribution in [3.8, 4) is 0 Å². The summed E-state index contributed by atoms with van der Waals surface area (Å²) in [6, 6.07) is 6.01. The number of rotatable bonds is 10. The van der Waals surface area contributed by atoms with Crippen LogP contribution in [0.3, 0.4) is 0 Å². The van der Waals surface area contributed by atoms with E-state index in [0.29, 0.717) is 12.2 Å². The highest BCUT2D eigenvalue weighted by molar-refractivity contribution is 7.98. The molecule has 2 unspecified atom stereocenters. The number of ether oxygens (including phenoxy) is 1. The Morgan fingerprint density at radius 3 is 2.00 bits per heavy atom. The number of carbonyl (C=O) groups is 3. The maximum absolute atomic E-state index is 14.1. The zero-order chi connectivity index (χ0) is 27.0. The molecule has 0 spiro atoms. The van der Waals surface area contributed by atoms with Gasteiger partial charge >= 0.3 is 6.09 Å². The lowest BCUT2D eigenvalue weighted by atomic mass is 9.94. The second-order valence-corrected chi connectivity index (χ2v) is 12.0. The van der Waals surface area contributed by atoms with Crippen LogP contribution in [0, 0.1) is 0 Å². The number of nitrogens with one attached hydrogen (secondary N) is 2. The van der Waals surface area contributed by atoms with Gasteiger partial charge in [-0.1, -0.05) is 31.2 Å². The monoisotopic (exact) mass is 507 g/mol. The third-order valence-electron chi connectivity index (χ3n) is 5.20. The van der Waals surface area contributed by atoms with E-state index in [4.69, 9.17) is 4.74 Å². The van der Waals surface area contributed by atoms with Gasteiger partial charge in [0, 0.05) is 11.6 Å². The molecule has 1 aromatic rings. The van der Waals surface area contributed by atoms with Crippen LogP contribution in [0.25, 0.3) is 0 Å². The second-order valence-electron chi connectivity index (χ2n) is 11.0. The third kappa shape index (κ3) is 10.1. The number of carbonyl (C=O) groups excluding carboxylic acids is 3. The van der Waals surface area contributed by atoms with Crippen LogP contribution in [0.15, 0.2) is 24.3 Å². The Balaban J connectivity index is 3.52. The van der Waals surface area contributed by atoms with E-state index in [2.05, 4.69) is 17.6 Å². The average molecular weight is 508 g/mol. The maximum atomic E-state index is 14.1. The van der Waals surface area contributed by atoms with Crippen LogP contribution in [0.2, 0.25) is 0 Å². The number of benzene rings is 1. The fraction of sp³-hybridized carbons (Fsp3) is 0.667. The molecule has 0 saturated carbocycles. The molecule has 0 heterocycles. The summed E-state index contributed by atoms with van der Waals surface area (Å²) in [5.74, 6) is 0.0902. The molecular weight excluding hydrogens is 462 g/mol. The third-order valence-corrected chi connectivity index (χ3v) is 5.84. The first-order chi connectivity index (χ1) is 16.1. The minimum Gasteiger partial charge on any atom is -0.444 e. The lowest BCUT2D eigenvalue weighted by Crippen LogP contribution is -2.59. The molecule has 1 rings (SSSR count). The van der Waals surface area contributed by atoms with E-state index in [1.807, 2.05) is 65.1 Å². The van der Waals surface area contributed by atoms with Gasteiger partial charge in [-0.25, -0.2) is 4.79 Å². The predicted octanol–water partition coefficient (Wildman–Crippen LogP) is 5.09. The molecule has 2 atom stereocenters. The van der Waals surface area contributed by atoms with Crippen LogP contribution in [-0.2, 0) is 20.7 Å². The van der Waals surface area contributed by atoms with Crippen LogP contribution in [0.4, 0.5) is 4.79 Å². The Morgan fingerprint density at radius 1 is 1.00 bits per heavy atom. The molecule has 0 aromatic heterocycles. The molecule has 0 aliphatic rings. The van der Waals surface area contributed by atoms with Crippen LogP contribution < -0.4 is 10.6 Å². The van der Waals surface area contributed by atoms with Gasteiger partial charge in [0.1, 0.15) is 17.7 Å². The molecule has 8 heteroatoms. The highest BCUT2D eigenvalue weighted by Crippen LogP contribution is 2.31. The number of aryl methyl sites for hydroxylation is 1. The van der Waals surface area contributed by atoms with E-state index in [9.17, 15) is 14.4 Å². The smallest absolute Gasteiger partial charge is 0.408 e. The van der Waals surface area contributed by atoms with Gasteiger partial charge in [-0.05, 0) is 91.4 Å². The Bertz CT molecular complexity index is 841. The van der Waals surface area contributed by atoms with Crippen LogP contribution in [-0.4, -0.2) is 58.0 Å². The number of alkyl carbamates (subject to hydrolysis) is 1. The molecule has 35 heavy (non-hydrogen) atoms. The van der Waals surface area contributed by atoms with Gasteiger partial charge in [0.05, 0.1) is 0 Å². The fourth-order valence-corrected chi connectivity index (χ4v) is 4.14. The number of hydrogen-bond acceptors (Lipinski definition) is 5. The SMILES string of the molecule is CCc1ccc(C(C(=O)NC(C)C)N(C(=O)C(CCSC)NC(=O)OC(C)(C)C)C(C)(C)C)cc1. The average Bonchev–Trinajstić information content (AvgIpc) is 2.71. The summed E-state index contributed by atoms with van der Waals surface area (Å²) in [4.78, 5) is 41.8. The number of nitrogens with zero attached hydrogens (tertiary/aromatic N) is 1. The summed E-state index contributed by atoms with van der Waals surface area (Å²) in [6.07, 6.45) is 2.59. The summed E-state index contributed by atoms with van der Waals surface area (Å²) < 4.78 is 5.43. The number of thioether (sulfide) groups is 1. The van der Waals surface area contributed by atoms with Crippen molar-refractivity contribution in [1.82, 2.24) is 15.5 Å². The number of amides is 3. The van der Waals surface area contributed by atoms with E-state index in [1.165, 1.54) is 0 Å². The Morgan fingerprint density at radius 2 is 1.57 bits per heavy atom. The molecule has 0 aliphatic carbocycles. The van der Waals surface area contributed by atoms with Crippen molar-refractivity contribution in [2.45, 2.75) is 104 Å². The summed E-state index contributed by atoms with van der Waals surface area (Å²) in [7, 11) is 0. The molecule has 0 bridgehead atoms. The van der Waals surface area contributed by atoms with E-state index < -0.39 is 29.3 Å². The van der Waals surface area contributed by atoms with Gasteiger partial charge in [-0.2, -0.15) is 11.8 Å². The lowest BCUT2D eigenvalue weighted by molar-refractivity contribution is -0.148. The van der Waals surface area contributed by atoms with Crippen molar-refractivity contribution in [1.29, 1.82) is 0 Å². The highest BCUT2D eigenvalue weighted by atomic mass is 32.2. The van der Waals surface area contributed by atoms with Crippen LogP contribution in [0.5, 0.6) is 0 Å². The van der Waals surface area contributed by atoms with Crippen molar-refractivity contribution >= 4 is 29.7 Å². The summed E-state index contributed by atoms with van der Waals surface area (Å²) >= 11 is 1.59. The highest BCUT2D eigenvalue weighted by Gasteiger charge is 2.41. The van der Waals surface area contributed by atoms with Crippen molar-refractivity contribution in [3.05, 3.63) is 35.4 Å². The minimum absolute atomic E-state index is 0.0935. The first-order valence-electron chi connectivity index (χ1n) is 12.3. The standard InChI is InChI=1S/C27H45N3O4S/c1-11-19-12-14-20(15-13-19)22(23(31)28-18(2)3)30(26(4,5)6)24(32)21(16-17-35-10)29-25(33)34-27(7,8)9/h12-15,18,21-22H,11,16-17H2,1-10H3,(H,28,31)(H,29,33). The second kappa shape index (κ2) is 13.2. The van der Waals surface area contributed by atoms with Gasteiger partial charge in [-0.3, -0.25) is 9.59 Å². The van der Waals surface area contributed by atoms with E-state index in [0.717, 1.165) is 17.5 Å². The van der Waals surface area contributed by atoms with E-state index >= 15 is 0 Å². The molecule has 1 aromatic carbocycles. The first-order valence-corrected chi connectivity index (χ1v) is 13.7. The summed E-state index contributed by atoms with van der Waals surface area (Å²) in [5, 5.41) is 5.75. The molecule has 198 valence electrons. The molecule has 7 nitrogen and oxygen atoms in total. The normalized spacial score (nSPS) is 13.7. The first kappa shape index (κ1) is 30.8. The molecule has 0 radical (unpaired) electrons. The van der Waals surface area contributed by atoms with Crippen LogP contribution >= 0.6 is 11.8 Å². The summed E-state index contributed by atoms with van der Waals surface area (Å²) in [6.45, 7) is 16.9. The molecule has 3 amide bonds. The maximum Gasteiger partial charge on any atom is 0.408 e. The fourth-order valence-electron chi connectivity index (χ4n) is 3.67. The van der Waals surface area contributed by atoms with Crippen molar-refractivity contribution in [2.24, 2.45) is 0 Å². The van der Waals surface area contributed by atoms with Gasteiger partial charge in [-0.15, -0.1) is 0 Å². The molecule has 0 saturated heterocycles. The van der Waals surface area contributed by atoms with Crippen molar-refractivity contribution in [2.75, 3.05) is 12.0 Å². The zero-order valence-electron chi connectivity index (χ0n) is 23.2. The van der Waals surface area contributed by atoms with Gasteiger partial charge in [0.2, 0.25) is 11.8 Å². The summed E-state index contributed by atoms with van der Waals surface area (Å²) in [5.41, 5.74) is 0.480. The van der Waals surface area contributed by atoms with Gasteiger partial charge < -0.3 is 20.3 Å². The Hall–Kier alpha value is -2.22. The molecular formula is C27H45N3O4S. The Labute approximate surface area is 216 Å². The largest absolute Gasteiger partial charge is 0.444 e. The van der Waals surface area contributed by atoms with Gasteiger partial charge in [0.15, 0.2) is 0 Å². The van der Waals surface area contributed by atoms with E-state index in [1.54, 1.807) is 37.4 Å². The Kier molecular flexibility index (Phi) is 11.6. The lowest BCUT2D eigenvalue weighted by Gasteiger charge is -2.43. The van der Waals surface area contributed by atoms with Crippen LogP contribution in [0.1, 0.15) is 85.9 Å². The van der Waals surface area contributed by atoms with E-state index in [-0.39, 0.29) is 17.9 Å². The predicted molar refractivity (Wildman–Crippen MR) is 145 cm³/mol.